The second kappa shape index (κ2) is 11.8. The van der Waals surface area contributed by atoms with Crippen LogP contribution in [0.25, 0.3) is 0 Å². The molecule has 2 aromatic carbocycles. The summed E-state index contributed by atoms with van der Waals surface area (Å²) >= 11 is 0. The van der Waals surface area contributed by atoms with Gasteiger partial charge in [0.2, 0.25) is 0 Å². The summed E-state index contributed by atoms with van der Waals surface area (Å²) in [6.45, 7) is 1.30. The minimum atomic E-state index is -1.59. The smallest absolute Gasteiger partial charge is 0.335 e. The third kappa shape index (κ3) is 10.1. The van der Waals surface area contributed by atoms with Crippen molar-refractivity contribution in [2.45, 2.75) is 19.3 Å². The summed E-state index contributed by atoms with van der Waals surface area (Å²) in [6, 6.07) is 16.6. The van der Waals surface area contributed by atoms with Crippen LogP contribution in [0.4, 0.5) is 0 Å². The SMILES string of the molecule is CC(O)C(O)O.O=C(O)c1ccccc1.O=C(O)c1ccccc1. The standard InChI is InChI=1S/2C7H6O2.C3H8O3/c2*8-7(9)6-4-2-1-3-5-6;1-2(4)3(5)6/h2*1-5H,(H,8,9);2-6H,1H3. The Morgan fingerprint density at radius 1 is 0.708 bits per heavy atom. The molecule has 0 bridgehead atoms. The first-order valence-corrected chi connectivity index (χ1v) is 6.86. The number of aliphatic hydroxyl groups is 3. The molecule has 7 nitrogen and oxygen atoms in total. The molecule has 24 heavy (non-hydrogen) atoms. The van der Waals surface area contributed by atoms with Crippen molar-refractivity contribution in [2.24, 2.45) is 0 Å². The molecule has 0 spiro atoms. The molecular weight excluding hydrogens is 316 g/mol. The number of hydrogen-bond donors (Lipinski definition) is 5. The molecule has 1 unspecified atom stereocenters. The minimum absolute atomic E-state index is 0.331. The molecule has 0 aliphatic carbocycles. The normalized spacial score (nSPS) is 10.5. The highest BCUT2D eigenvalue weighted by Crippen LogP contribution is 1.96. The summed E-state index contributed by atoms with van der Waals surface area (Å²) in [5, 5.41) is 40.8. The van der Waals surface area contributed by atoms with Gasteiger partial charge in [0.1, 0.15) is 6.10 Å². The van der Waals surface area contributed by atoms with Gasteiger partial charge in [-0.1, -0.05) is 36.4 Å². The van der Waals surface area contributed by atoms with Gasteiger partial charge in [-0.25, -0.2) is 9.59 Å². The van der Waals surface area contributed by atoms with E-state index in [4.69, 9.17) is 25.5 Å². The number of carbonyl (C=O) groups is 2. The van der Waals surface area contributed by atoms with Crippen LogP contribution in [0.3, 0.4) is 0 Å². The number of rotatable bonds is 3. The van der Waals surface area contributed by atoms with E-state index in [2.05, 4.69) is 0 Å². The first-order chi connectivity index (χ1) is 11.3. The van der Waals surface area contributed by atoms with Gasteiger partial charge in [-0.15, -0.1) is 0 Å². The molecule has 0 aromatic heterocycles. The molecule has 130 valence electrons. The van der Waals surface area contributed by atoms with E-state index < -0.39 is 24.3 Å². The second-order valence-electron chi connectivity index (χ2n) is 4.50. The Morgan fingerprint density at radius 3 is 1.08 bits per heavy atom. The molecule has 2 aromatic rings. The van der Waals surface area contributed by atoms with E-state index in [0.717, 1.165) is 0 Å². The third-order valence-electron chi connectivity index (χ3n) is 2.47. The van der Waals surface area contributed by atoms with Crippen molar-refractivity contribution >= 4 is 11.9 Å². The van der Waals surface area contributed by atoms with Crippen LogP contribution in [0.5, 0.6) is 0 Å². The van der Waals surface area contributed by atoms with Crippen LogP contribution in [-0.2, 0) is 0 Å². The molecule has 5 N–H and O–H groups in total. The Kier molecular flexibility index (Phi) is 10.4. The van der Waals surface area contributed by atoms with Gasteiger partial charge < -0.3 is 25.5 Å². The lowest BCUT2D eigenvalue weighted by Gasteiger charge is -2.02. The van der Waals surface area contributed by atoms with Crippen LogP contribution in [-0.4, -0.2) is 49.9 Å². The molecule has 0 radical (unpaired) electrons. The highest BCUT2D eigenvalue weighted by molar-refractivity contribution is 5.87. The molecular formula is C17H20O7. The van der Waals surface area contributed by atoms with Crippen molar-refractivity contribution in [3.63, 3.8) is 0 Å². The molecule has 1 atom stereocenters. The van der Waals surface area contributed by atoms with E-state index >= 15 is 0 Å². The maximum absolute atomic E-state index is 10.2. The Bertz CT molecular complexity index is 539. The number of carboxylic acids is 2. The minimum Gasteiger partial charge on any atom is -0.478 e. The third-order valence-corrected chi connectivity index (χ3v) is 2.47. The van der Waals surface area contributed by atoms with Crippen molar-refractivity contribution in [2.75, 3.05) is 0 Å². The van der Waals surface area contributed by atoms with Gasteiger partial charge in [-0.3, -0.25) is 0 Å². The zero-order chi connectivity index (χ0) is 18.5. The van der Waals surface area contributed by atoms with Crippen LogP contribution in [0, 0.1) is 0 Å². The topological polar surface area (TPSA) is 135 Å². The van der Waals surface area contributed by atoms with Crippen LogP contribution < -0.4 is 0 Å². The largest absolute Gasteiger partial charge is 0.478 e. The van der Waals surface area contributed by atoms with E-state index in [-0.39, 0.29) is 0 Å². The fourth-order valence-corrected chi connectivity index (χ4v) is 1.16. The summed E-state index contributed by atoms with van der Waals surface area (Å²) in [6.07, 6.45) is -2.63. The predicted octanol–water partition coefficient (Wildman–Crippen LogP) is 1.45. The first kappa shape index (κ1) is 21.3. The monoisotopic (exact) mass is 336 g/mol. The summed E-state index contributed by atoms with van der Waals surface area (Å²) in [4.78, 5) is 20.4. The Hall–Kier alpha value is -2.74. The van der Waals surface area contributed by atoms with E-state index in [1.54, 1.807) is 60.7 Å². The quantitative estimate of drug-likeness (QED) is 0.535. The number of benzene rings is 2. The van der Waals surface area contributed by atoms with Crippen LogP contribution in [0.15, 0.2) is 60.7 Å². The first-order valence-electron chi connectivity index (χ1n) is 6.86. The summed E-state index contributed by atoms with van der Waals surface area (Å²) in [5.41, 5.74) is 0.662. The van der Waals surface area contributed by atoms with Crippen molar-refractivity contribution in [1.29, 1.82) is 0 Å². The van der Waals surface area contributed by atoms with Crippen molar-refractivity contribution in [3.05, 3.63) is 71.8 Å². The number of hydrogen-bond acceptors (Lipinski definition) is 5. The predicted molar refractivity (Wildman–Crippen MR) is 86.7 cm³/mol. The molecule has 2 rings (SSSR count). The van der Waals surface area contributed by atoms with E-state index in [1.165, 1.54) is 6.92 Å². The van der Waals surface area contributed by atoms with Gasteiger partial charge >= 0.3 is 11.9 Å². The number of aromatic carboxylic acids is 2. The van der Waals surface area contributed by atoms with E-state index in [9.17, 15) is 9.59 Å². The van der Waals surface area contributed by atoms with Gasteiger partial charge in [0.25, 0.3) is 0 Å². The fraction of sp³-hybridized carbons (Fsp3) is 0.176. The average molecular weight is 336 g/mol. The van der Waals surface area contributed by atoms with E-state index in [1.807, 2.05) is 0 Å². The maximum Gasteiger partial charge on any atom is 0.335 e. The fourth-order valence-electron chi connectivity index (χ4n) is 1.16. The molecule has 7 heteroatoms. The molecule has 0 fully saturated rings. The van der Waals surface area contributed by atoms with Gasteiger partial charge in [0, 0.05) is 0 Å². The highest BCUT2D eigenvalue weighted by atomic mass is 16.5. The van der Waals surface area contributed by atoms with Crippen LogP contribution in [0.2, 0.25) is 0 Å². The van der Waals surface area contributed by atoms with Gasteiger partial charge in [-0.05, 0) is 31.2 Å². The zero-order valence-electron chi connectivity index (χ0n) is 13.0. The second-order valence-corrected chi connectivity index (χ2v) is 4.50. The lowest BCUT2D eigenvalue weighted by atomic mass is 10.2. The van der Waals surface area contributed by atoms with Crippen molar-refractivity contribution in [1.82, 2.24) is 0 Å². The summed E-state index contributed by atoms with van der Waals surface area (Å²) in [5.74, 6) is -1.76. The maximum atomic E-state index is 10.2. The Balaban J connectivity index is 0.000000340. The zero-order valence-corrected chi connectivity index (χ0v) is 13.0. The number of carboxylic acid groups (broad SMARTS) is 2. The van der Waals surface area contributed by atoms with Crippen molar-refractivity contribution in [3.8, 4) is 0 Å². The van der Waals surface area contributed by atoms with E-state index in [0.29, 0.717) is 11.1 Å². The number of aliphatic hydroxyl groups excluding tert-OH is 2. The van der Waals surface area contributed by atoms with Gasteiger partial charge in [0.05, 0.1) is 11.1 Å². The summed E-state index contributed by atoms with van der Waals surface area (Å²) < 4.78 is 0. The Labute approximate surface area is 139 Å². The van der Waals surface area contributed by atoms with Gasteiger partial charge in [0.15, 0.2) is 6.29 Å². The van der Waals surface area contributed by atoms with Gasteiger partial charge in [-0.2, -0.15) is 0 Å². The average Bonchev–Trinajstić information content (AvgIpc) is 2.57. The van der Waals surface area contributed by atoms with Crippen molar-refractivity contribution < 1.29 is 35.1 Å². The lowest BCUT2D eigenvalue weighted by molar-refractivity contribution is -0.114. The molecule has 0 aliphatic heterocycles. The molecule has 0 saturated heterocycles. The molecule has 0 heterocycles. The van der Waals surface area contributed by atoms with Crippen LogP contribution >= 0.6 is 0 Å². The molecule has 0 aliphatic rings. The molecule has 0 amide bonds. The van der Waals surface area contributed by atoms with Crippen LogP contribution in [0.1, 0.15) is 27.6 Å². The highest BCUT2D eigenvalue weighted by Gasteiger charge is 2.02. The lowest BCUT2D eigenvalue weighted by Crippen LogP contribution is -2.20. The molecule has 0 saturated carbocycles. The summed E-state index contributed by atoms with van der Waals surface area (Å²) in [7, 11) is 0. The Morgan fingerprint density at radius 2 is 0.958 bits per heavy atom.